The number of halogens is 1. The Hall–Kier alpha value is -0.320. The monoisotopic (exact) mass is 249 g/mol. The minimum atomic E-state index is -0.0584. The van der Waals surface area contributed by atoms with Gasteiger partial charge in [-0.1, -0.05) is 0 Å². The van der Waals surface area contributed by atoms with Gasteiger partial charge < -0.3 is 14.8 Å². The Morgan fingerprint density at radius 3 is 2.75 bits per heavy atom. The van der Waals surface area contributed by atoms with Crippen LogP contribution in [-0.4, -0.2) is 45.3 Å². The maximum Gasteiger partial charge on any atom is 0.246 e. The molecule has 0 atom stereocenters. The molecule has 1 aliphatic rings. The second kappa shape index (κ2) is 7.09. The summed E-state index contributed by atoms with van der Waals surface area (Å²) < 4.78 is 9.93. The zero-order chi connectivity index (χ0) is 11.9. The molecule has 1 amide bonds. The number of amides is 1. The van der Waals surface area contributed by atoms with Gasteiger partial charge in [-0.2, -0.15) is 0 Å². The lowest BCUT2D eigenvalue weighted by Crippen LogP contribution is -2.33. The number of carbonyl (C=O) groups is 1. The van der Waals surface area contributed by atoms with E-state index < -0.39 is 0 Å². The zero-order valence-electron chi connectivity index (χ0n) is 9.76. The van der Waals surface area contributed by atoms with Gasteiger partial charge in [0, 0.05) is 19.5 Å². The quantitative estimate of drug-likeness (QED) is 0.493. The van der Waals surface area contributed by atoms with Gasteiger partial charge in [-0.05, 0) is 24.7 Å². The van der Waals surface area contributed by atoms with Crippen molar-refractivity contribution in [2.24, 2.45) is 5.41 Å². The van der Waals surface area contributed by atoms with Gasteiger partial charge in [0.25, 0.3) is 0 Å². The SMILES string of the molecule is COCCOCC(=O)NCC1(CCCl)CC1. The molecule has 0 spiro atoms. The lowest BCUT2D eigenvalue weighted by molar-refractivity contribution is -0.126. The van der Waals surface area contributed by atoms with Gasteiger partial charge in [-0.15, -0.1) is 11.6 Å². The molecule has 16 heavy (non-hydrogen) atoms. The number of methoxy groups -OCH3 is 1. The average Bonchev–Trinajstić information content (AvgIpc) is 3.03. The van der Waals surface area contributed by atoms with E-state index in [4.69, 9.17) is 21.1 Å². The maximum absolute atomic E-state index is 11.4. The van der Waals surface area contributed by atoms with Crippen molar-refractivity contribution in [1.29, 1.82) is 0 Å². The molecular formula is C11H20ClNO3. The second-order valence-electron chi connectivity index (χ2n) is 4.26. The van der Waals surface area contributed by atoms with Crippen LogP contribution < -0.4 is 5.32 Å². The fraction of sp³-hybridized carbons (Fsp3) is 0.909. The molecule has 4 nitrogen and oxygen atoms in total. The van der Waals surface area contributed by atoms with Crippen molar-refractivity contribution in [3.05, 3.63) is 0 Å². The highest BCUT2D eigenvalue weighted by molar-refractivity contribution is 6.17. The first-order chi connectivity index (χ1) is 7.72. The zero-order valence-corrected chi connectivity index (χ0v) is 10.5. The van der Waals surface area contributed by atoms with Crippen LogP contribution in [0.3, 0.4) is 0 Å². The van der Waals surface area contributed by atoms with Crippen LogP contribution in [0.4, 0.5) is 0 Å². The van der Waals surface area contributed by atoms with E-state index >= 15 is 0 Å². The number of rotatable bonds is 9. The molecule has 1 rings (SSSR count). The van der Waals surface area contributed by atoms with Gasteiger partial charge in [-0.3, -0.25) is 4.79 Å². The molecule has 0 aromatic heterocycles. The first-order valence-electron chi connectivity index (χ1n) is 5.62. The molecule has 0 radical (unpaired) electrons. The highest BCUT2D eigenvalue weighted by Gasteiger charge is 2.41. The first-order valence-corrected chi connectivity index (χ1v) is 6.15. The lowest BCUT2D eigenvalue weighted by Gasteiger charge is -2.14. The smallest absolute Gasteiger partial charge is 0.246 e. The van der Waals surface area contributed by atoms with Crippen molar-refractivity contribution in [2.75, 3.05) is 39.4 Å². The van der Waals surface area contributed by atoms with E-state index in [1.165, 1.54) is 12.8 Å². The van der Waals surface area contributed by atoms with Crippen LogP contribution in [-0.2, 0) is 14.3 Å². The summed E-state index contributed by atoms with van der Waals surface area (Å²) in [5, 5.41) is 2.88. The second-order valence-corrected chi connectivity index (χ2v) is 4.64. The van der Waals surface area contributed by atoms with Crippen molar-refractivity contribution in [1.82, 2.24) is 5.32 Å². The summed E-state index contributed by atoms with van der Waals surface area (Å²) in [5.74, 6) is 0.608. The molecule has 94 valence electrons. The summed E-state index contributed by atoms with van der Waals surface area (Å²) >= 11 is 5.71. The Morgan fingerprint density at radius 2 is 2.19 bits per heavy atom. The molecule has 0 unspecified atom stereocenters. The minimum absolute atomic E-state index is 0.0584. The Labute approximate surface area is 102 Å². The van der Waals surface area contributed by atoms with Gasteiger partial charge in [0.2, 0.25) is 5.91 Å². The molecule has 1 aliphatic carbocycles. The number of ether oxygens (including phenoxy) is 2. The standard InChI is InChI=1S/C11H20ClNO3/c1-15-6-7-16-8-10(14)13-9-11(2-3-11)4-5-12/h2-9H2,1H3,(H,13,14). The molecule has 0 aliphatic heterocycles. The maximum atomic E-state index is 11.4. The van der Waals surface area contributed by atoms with Crippen LogP contribution in [0.25, 0.3) is 0 Å². The van der Waals surface area contributed by atoms with Crippen molar-refractivity contribution < 1.29 is 14.3 Å². The molecule has 1 saturated carbocycles. The summed E-state index contributed by atoms with van der Waals surface area (Å²) in [7, 11) is 1.60. The highest BCUT2D eigenvalue weighted by Crippen LogP contribution is 2.48. The summed E-state index contributed by atoms with van der Waals surface area (Å²) in [5.41, 5.74) is 0.282. The number of nitrogens with one attached hydrogen (secondary N) is 1. The van der Waals surface area contributed by atoms with Gasteiger partial charge in [0.05, 0.1) is 13.2 Å². The van der Waals surface area contributed by atoms with Gasteiger partial charge in [0.1, 0.15) is 6.61 Å². The third-order valence-corrected chi connectivity index (χ3v) is 3.10. The van der Waals surface area contributed by atoms with Crippen molar-refractivity contribution in [2.45, 2.75) is 19.3 Å². The van der Waals surface area contributed by atoms with Crippen LogP contribution in [0.2, 0.25) is 0 Å². The van der Waals surface area contributed by atoms with E-state index in [1.54, 1.807) is 7.11 Å². The van der Waals surface area contributed by atoms with Crippen molar-refractivity contribution >= 4 is 17.5 Å². The van der Waals surface area contributed by atoms with Crippen LogP contribution in [0, 0.1) is 5.41 Å². The summed E-state index contributed by atoms with van der Waals surface area (Å²) in [4.78, 5) is 11.4. The van der Waals surface area contributed by atoms with E-state index in [2.05, 4.69) is 5.32 Å². The lowest BCUT2D eigenvalue weighted by atomic mass is 10.0. The molecule has 0 saturated heterocycles. The number of alkyl halides is 1. The summed E-state index contributed by atoms with van der Waals surface area (Å²) in [6, 6.07) is 0. The molecule has 0 bridgehead atoms. The molecular weight excluding hydrogens is 230 g/mol. The number of hydrogen-bond acceptors (Lipinski definition) is 3. The van der Waals surface area contributed by atoms with Gasteiger partial charge in [-0.25, -0.2) is 0 Å². The van der Waals surface area contributed by atoms with E-state index in [0.717, 1.165) is 13.0 Å². The fourth-order valence-corrected chi connectivity index (χ4v) is 1.94. The minimum Gasteiger partial charge on any atom is -0.382 e. The van der Waals surface area contributed by atoms with E-state index in [-0.39, 0.29) is 17.9 Å². The van der Waals surface area contributed by atoms with E-state index in [1.807, 2.05) is 0 Å². The molecule has 0 heterocycles. The third kappa shape index (κ3) is 5.14. The van der Waals surface area contributed by atoms with Crippen molar-refractivity contribution in [3.63, 3.8) is 0 Å². The van der Waals surface area contributed by atoms with Gasteiger partial charge in [0.15, 0.2) is 0 Å². The Bertz CT molecular complexity index is 219. The Morgan fingerprint density at radius 1 is 1.44 bits per heavy atom. The van der Waals surface area contributed by atoms with Crippen LogP contribution in [0.5, 0.6) is 0 Å². The largest absolute Gasteiger partial charge is 0.382 e. The Kier molecular flexibility index (Phi) is 6.09. The number of hydrogen-bond donors (Lipinski definition) is 1. The van der Waals surface area contributed by atoms with E-state index in [0.29, 0.717) is 19.1 Å². The van der Waals surface area contributed by atoms with Crippen LogP contribution in [0.1, 0.15) is 19.3 Å². The van der Waals surface area contributed by atoms with Crippen LogP contribution >= 0.6 is 11.6 Å². The van der Waals surface area contributed by atoms with Crippen LogP contribution in [0.15, 0.2) is 0 Å². The summed E-state index contributed by atoms with van der Waals surface area (Å²) in [6.45, 7) is 1.81. The first kappa shape index (κ1) is 13.7. The third-order valence-electron chi connectivity index (χ3n) is 2.91. The summed E-state index contributed by atoms with van der Waals surface area (Å²) in [6.07, 6.45) is 3.33. The molecule has 0 aromatic carbocycles. The molecule has 5 heteroatoms. The molecule has 1 fully saturated rings. The predicted molar refractivity (Wildman–Crippen MR) is 62.7 cm³/mol. The molecule has 0 aromatic rings. The number of carbonyl (C=O) groups excluding carboxylic acids is 1. The van der Waals surface area contributed by atoms with E-state index in [9.17, 15) is 4.79 Å². The van der Waals surface area contributed by atoms with Gasteiger partial charge >= 0.3 is 0 Å². The molecule has 1 N–H and O–H groups in total. The normalized spacial score (nSPS) is 17.1. The topological polar surface area (TPSA) is 47.6 Å². The fourth-order valence-electron chi connectivity index (χ4n) is 1.54. The average molecular weight is 250 g/mol. The highest BCUT2D eigenvalue weighted by atomic mass is 35.5. The Balaban J connectivity index is 2.02. The van der Waals surface area contributed by atoms with Crippen molar-refractivity contribution in [3.8, 4) is 0 Å². The predicted octanol–water partition coefficient (Wildman–Crippen LogP) is 1.17.